The first-order valence-electron chi connectivity index (χ1n) is 6.33. The van der Waals surface area contributed by atoms with E-state index in [1.54, 1.807) is 17.8 Å². The van der Waals surface area contributed by atoms with E-state index in [1.807, 2.05) is 12.1 Å². The molecule has 1 aromatic heterocycles. The standard InChI is InChI=1S/C13H17N3O2S2/c14-13-16-10-3-2-9(8-11(10)20-13)12(18)15-4-7-19-6-1-5-17/h2-3,8,17H,1,4-7H2,(H2,14,16)(H,15,18). The lowest BCUT2D eigenvalue weighted by molar-refractivity contribution is 0.0956. The molecule has 0 atom stereocenters. The Hall–Kier alpha value is -1.31. The lowest BCUT2D eigenvalue weighted by Crippen LogP contribution is -2.25. The number of nitrogens with two attached hydrogens (primary N) is 1. The number of anilines is 1. The summed E-state index contributed by atoms with van der Waals surface area (Å²) in [6, 6.07) is 5.39. The molecule has 4 N–H and O–H groups in total. The molecular formula is C13H17N3O2S2. The van der Waals surface area contributed by atoms with Gasteiger partial charge in [0.25, 0.3) is 5.91 Å². The van der Waals surface area contributed by atoms with Crippen LogP contribution in [0.3, 0.4) is 0 Å². The van der Waals surface area contributed by atoms with Crippen LogP contribution in [0.1, 0.15) is 16.8 Å². The van der Waals surface area contributed by atoms with E-state index in [1.165, 1.54) is 11.3 Å². The van der Waals surface area contributed by atoms with Gasteiger partial charge in [-0.3, -0.25) is 4.79 Å². The van der Waals surface area contributed by atoms with E-state index in [-0.39, 0.29) is 12.5 Å². The van der Waals surface area contributed by atoms with E-state index in [0.29, 0.717) is 17.2 Å². The Morgan fingerprint density at radius 3 is 3.10 bits per heavy atom. The molecule has 0 unspecified atom stereocenters. The predicted molar refractivity (Wildman–Crippen MR) is 85.4 cm³/mol. The average molecular weight is 311 g/mol. The Bertz CT molecular complexity index is 586. The van der Waals surface area contributed by atoms with Crippen molar-refractivity contribution in [1.29, 1.82) is 0 Å². The first-order chi connectivity index (χ1) is 9.70. The highest BCUT2D eigenvalue weighted by Crippen LogP contribution is 2.24. The molecule has 0 radical (unpaired) electrons. The fraction of sp³-hybridized carbons (Fsp3) is 0.385. The number of nitrogens with one attached hydrogen (secondary N) is 1. The number of benzene rings is 1. The van der Waals surface area contributed by atoms with Gasteiger partial charge in [0, 0.05) is 24.5 Å². The Labute approximate surface area is 125 Å². The summed E-state index contributed by atoms with van der Waals surface area (Å²) in [6.07, 6.45) is 0.794. The number of hydrogen-bond donors (Lipinski definition) is 3. The van der Waals surface area contributed by atoms with Gasteiger partial charge in [-0.1, -0.05) is 11.3 Å². The van der Waals surface area contributed by atoms with Gasteiger partial charge in [0.2, 0.25) is 0 Å². The summed E-state index contributed by atoms with van der Waals surface area (Å²) >= 11 is 3.10. The van der Waals surface area contributed by atoms with Gasteiger partial charge < -0.3 is 16.2 Å². The highest BCUT2D eigenvalue weighted by Gasteiger charge is 2.08. The number of nitrogen functional groups attached to an aromatic ring is 1. The first-order valence-corrected chi connectivity index (χ1v) is 8.30. The number of aliphatic hydroxyl groups is 1. The smallest absolute Gasteiger partial charge is 0.251 e. The number of thioether (sulfide) groups is 1. The van der Waals surface area contributed by atoms with Gasteiger partial charge >= 0.3 is 0 Å². The van der Waals surface area contributed by atoms with Gasteiger partial charge in [0.1, 0.15) is 0 Å². The van der Waals surface area contributed by atoms with Gasteiger partial charge in [-0.15, -0.1) is 0 Å². The SMILES string of the molecule is Nc1nc2ccc(C(=O)NCCSCCCO)cc2s1. The zero-order chi connectivity index (χ0) is 14.4. The molecule has 0 bridgehead atoms. The van der Waals surface area contributed by atoms with Crippen molar-refractivity contribution in [2.75, 3.05) is 30.4 Å². The summed E-state index contributed by atoms with van der Waals surface area (Å²) in [6.45, 7) is 0.842. The van der Waals surface area contributed by atoms with Crippen LogP contribution >= 0.6 is 23.1 Å². The number of carbonyl (C=O) groups is 1. The summed E-state index contributed by atoms with van der Waals surface area (Å²) in [4.78, 5) is 16.1. The summed E-state index contributed by atoms with van der Waals surface area (Å²) in [7, 11) is 0. The monoisotopic (exact) mass is 311 g/mol. The topological polar surface area (TPSA) is 88.2 Å². The Balaban J connectivity index is 1.84. The molecule has 7 heteroatoms. The fourth-order valence-electron chi connectivity index (χ4n) is 1.69. The number of amides is 1. The molecule has 1 heterocycles. The van der Waals surface area contributed by atoms with Gasteiger partial charge in [-0.2, -0.15) is 11.8 Å². The van der Waals surface area contributed by atoms with Gasteiger partial charge in [0.15, 0.2) is 5.13 Å². The maximum atomic E-state index is 12.0. The van der Waals surface area contributed by atoms with Crippen LogP contribution in [-0.4, -0.2) is 40.7 Å². The van der Waals surface area contributed by atoms with Crippen LogP contribution in [0.2, 0.25) is 0 Å². The Kier molecular flexibility index (Phi) is 5.63. The molecule has 2 aromatic rings. The number of fused-ring (bicyclic) bond motifs is 1. The highest BCUT2D eigenvalue weighted by atomic mass is 32.2. The largest absolute Gasteiger partial charge is 0.396 e. The molecule has 5 nitrogen and oxygen atoms in total. The second-order valence-corrected chi connectivity index (χ2v) is 6.47. The van der Waals surface area contributed by atoms with E-state index in [4.69, 9.17) is 10.8 Å². The van der Waals surface area contributed by atoms with Crippen molar-refractivity contribution < 1.29 is 9.90 Å². The van der Waals surface area contributed by atoms with E-state index < -0.39 is 0 Å². The fourth-order valence-corrected chi connectivity index (χ4v) is 3.25. The van der Waals surface area contributed by atoms with Crippen LogP contribution in [-0.2, 0) is 0 Å². The van der Waals surface area contributed by atoms with Crippen LogP contribution in [0, 0.1) is 0 Å². The lowest BCUT2D eigenvalue weighted by atomic mass is 10.2. The number of aliphatic hydroxyl groups excluding tert-OH is 1. The number of hydrogen-bond acceptors (Lipinski definition) is 6. The Morgan fingerprint density at radius 2 is 2.30 bits per heavy atom. The normalized spacial score (nSPS) is 10.8. The van der Waals surface area contributed by atoms with Crippen LogP contribution in [0.4, 0.5) is 5.13 Å². The highest BCUT2D eigenvalue weighted by molar-refractivity contribution is 7.99. The molecule has 20 heavy (non-hydrogen) atoms. The maximum Gasteiger partial charge on any atom is 0.251 e. The van der Waals surface area contributed by atoms with E-state index >= 15 is 0 Å². The van der Waals surface area contributed by atoms with Crippen molar-refractivity contribution in [3.63, 3.8) is 0 Å². The quantitative estimate of drug-likeness (QED) is 0.678. The van der Waals surface area contributed by atoms with Crippen LogP contribution in [0.15, 0.2) is 18.2 Å². The van der Waals surface area contributed by atoms with E-state index in [9.17, 15) is 4.79 Å². The van der Waals surface area contributed by atoms with Crippen molar-refractivity contribution in [3.8, 4) is 0 Å². The molecule has 0 spiro atoms. The molecule has 2 rings (SSSR count). The molecule has 1 amide bonds. The van der Waals surface area contributed by atoms with Crippen molar-refractivity contribution in [1.82, 2.24) is 10.3 Å². The predicted octanol–water partition coefficient (Wildman–Crippen LogP) is 1.72. The summed E-state index contributed by atoms with van der Waals surface area (Å²) in [5, 5.41) is 12.0. The molecule has 0 saturated carbocycles. The molecule has 0 aliphatic heterocycles. The van der Waals surface area contributed by atoms with Crippen LogP contribution < -0.4 is 11.1 Å². The third-order valence-corrected chi connectivity index (χ3v) is 4.56. The van der Waals surface area contributed by atoms with Crippen LogP contribution in [0.25, 0.3) is 10.2 Å². The van der Waals surface area contributed by atoms with Crippen molar-refractivity contribution in [2.45, 2.75) is 6.42 Å². The number of aromatic nitrogens is 1. The maximum absolute atomic E-state index is 12.0. The van der Waals surface area contributed by atoms with E-state index in [0.717, 1.165) is 28.1 Å². The van der Waals surface area contributed by atoms with Gasteiger partial charge in [-0.05, 0) is 30.4 Å². The van der Waals surface area contributed by atoms with Crippen molar-refractivity contribution in [2.24, 2.45) is 0 Å². The summed E-state index contributed by atoms with van der Waals surface area (Å²) in [5.41, 5.74) is 7.09. The minimum absolute atomic E-state index is 0.0818. The molecule has 0 aliphatic carbocycles. The van der Waals surface area contributed by atoms with Gasteiger partial charge in [0.05, 0.1) is 10.2 Å². The minimum atomic E-state index is -0.0818. The second-order valence-electron chi connectivity index (χ2n) is 4.18. The molecule has 0 saturated heterocycles. The zero-order valence-electron chi connectivity index (χ0n) is 11.0. The molecular weight excluding hydrogens is 294 g/mol. The van der Waals surface area contributed by atoms with Crippen LogP contribution in [0.5, 0.6) is 0 Å². The first kappa shape index (κ1) is 15.1. The molecule has 0 aliphatic rings. The van der Waals surface area contributed by atoms with Gasteiger partial charge in [-0.25, -0.2) is 4.98 Å². The zero-order valence-corrected chi connectivity index (χ0v) is 12.6. The Morgan fingerprint density at radius 1 is 1.45 bits per heavy atom. The number of rotatable bonds is 7. The second kappa shape index (κ2) is 7.47. The third kappa shape index (κ3) is 4.09. The summed E-state index contributed by atoms with van der Waals surface area (Å²) in [5.74, 6) is 1.68. The summed E-state index contributed by atoms with van der Waals surface area (Å²) < 4.78 is 0.924. The third-order valence-electron chi connectivity index (χ3n) is 2.65. The van der Waals surface area contributed by atoms with E-state index in [2.05, 4.69) is 10.3 Å². The molecule has 0 fully saturated rings. The van der Waals surface area contributed by atoms with Crippen molar-refractivity contribution >= 4 is 44.4 Å². The number of thiazole rings is 1. The lowest BCUT2D eigenvalue weighted by Gasteiger charge is -2.05. The number of nitrogens with zero attached hydrogens (tertiary/aromatic N) is 1. The molecule has 108 valence electrons. The number of carbonyl (C=O) groups excluding carboxylic acids is 1. The molecule has 1 aromatic carbocycles. The van der Waals surface area contributed by atoms with Crippen molar-refractivity contribution in [3.05, 3.63) is 23.8 Å². The minimum Gasteiger partial charge on any atom is -0.396 e. The average Bonchev–Trinajstić information content (AvgIpc) is 2.81.